The Morgan fingerprint density at radius 3 is 2.55 bits per heavy atom. The molecule has 0 radical (unpaired) electrons. The molecule has 0 fully saturated rings. The minimum atomic E-state index is -0.754. The molecule has 0 bridgehead atoms. The van der Waals surface area contributed by atoms with Crippen LogP contribution in [0.2, 0.25) is 0 Å². The second-order valence-corrected chi connectivity index (χ2v) is 5.16. The van der Waals surface area contributed by atoms with Crippen molar-refractivity contribution in [2.45, 2.75) is 19.4 Å². The number of nitrogens with one attached hydrogen (secondary N) is 2. The number of carbonyl (C=O) groups excluding carboxylic acids is 1. The molecule has 0 aliphatic rings. The van der Waals surface area contributed by atoms with Crippen LogP contribution >= 0.6 is 15.9 Å². The zero-order chi connectivity index (χ0) is 15.1. The Kier molecular flexibility index (Phi) is 6.87. The molecule has 1 aromatic carbocycles. The fourth-order valence-electron chi connectivity index (χ4n) is 1.54. The summed E-state index contributed by atoms with van der Waals surface area (Å²) < 4.78 is 32.4. The van der Waals surface area contributed by atoms with Crippen LogP contribution in [0, 0.1) is 11.6 Å². The van der Waals surface area contributed by atoms with Crippen LogP contribution < -0.4 is 10.6 Å². The molecule has 0 saturated heterocycles. The highest BCUT2D eigenvalue weighted by Gasteiger charge is 2.17. The average Bonchev–Trinajstić information content (AvgIpc) is 2.38. The third-order valence-electron chi connectivity index (χ3n) is 2.59. The maximum absolute atomic E-state index is 13.6. The summed E-state index contributed by atoms with van der Waals surface area (Å²) in [6.07, 6.45) is 0.677. The molecule has 1 unspecified atom stereocenters. The molecule has 1 amide bonds. The smallest absolute Gasteiger partial charge is 0.242 e. The molecule has 0 spiro atoms. The summed E-state index contributed by atoms with van der Waals surface area (Å²) in [6, 6.07) is 1.52. The molecular weight excluding hydrogens is 334 g/mol. The van der Waals surface area contributed by atoms with Crippen molar-refractivity contribution in [3.05, 3.63) is 28.2 Å². The summed E-state index contributed by atoms with van der Waals surface area (Å²) >= 11 is 2.99. The van der Waals surface area contributed by atoms with Gasteiger partial charge in [0.2, 0.25) is 5.91 Å². The van der Waals surface area contributed by atoms with Gasteiger partial charge in [0.1, 0.15) is 23.4 Å². The van der Waals surface area contributed by atoms with E-state index in [4.69, 9.17) is 4.74 Å². The predicted octanol–water partition coefficient (Wildman–Crippen LogP) is 2.68. The molecule has 0 aliphatic carbocycles. The van der Waals surface area contributed by atoms with Gasteiger partial charge in [-0.1, -0.05) is 15.9 Å². The van der Waals surface area contributed by atoms with Gasteiger partial charge >= 0.3 is 0 Å². The van der Waals surface area contributed by atoms with E-state index in [1.807, 2.05) is 0 Å². The lowest BCUT2D eigenvalue weighted by atomic mass is 10.2. The normalized spacial score (nSPS) is 12.1. The highest BCUT2D eigenvalue weighted by molar-refractivity contribution is 9.10. The lowest BCUT2D eigenvalue weighted by Crippen LogP contribution is -2.38. The molecule has 4 nitrogen and oxygen atoms in total. The second-order valence-electron chi connectivity index (χ2n) is 4.25. The van der Waals surface area contributed by atoms with Crippen LogP contribution in [0.5, 0.6) is 0 Å². The molecule has 1 atom stereocenters. The molecule has 1 aromatic rings. The van der Waals surface area contributed by atoms with Crippen molar-refractivity contribution in [3.63, 3.8) is 0 Å². The zero-order valence-corrected chi connectivity index (χ0v) is 12.9. The van der Waals surface area contributed by atoms with Crippen molar-refractivity contribution >= 4 is 27.5 Å². The number of hydrogen-bond acceptors (Lipinski definition) is 3. The Hall–Kier alpha value is -1.21. The van der Waals surface area contributed by atoms with Gasteiger partial charge < -0.3 is 15.4 Å². The quantitative estimate of drug-likeness (QED) is 0.743. The Bertz CT molecular complexity index is 449. The van der Waals surface area contributed by atoms with Crippen LogP contribution in [0.1, 0.15) is 13.3 Å². The van der Waals surface area contributed by atoms with E-state index in [0.29, 0.717) is 24.0 Å². The number of methoxy groups -OCH3 is 1. The first kappa shape index (κ1) is 16.8. The predicted molar refractivity (Wildman–Crippen MR) is 76.6 cm³/mol. The van der Waals surface area contributed by atoms with E-state index in [0.717, 1.165) is 12.1 Å². The molecule has 0 heterocycles. The molecule has 112 valence electrons. The number of carbonyl (C=O) groups is 1. The van der Waals surface area contributed by atoms with E-state index in [9.17, 15) is 13.6 Å². The summed E-state index contributed by atoms with van der Waals surface area (Å²) in [6.45, 7) is 2.52. The number of anilines is 1. The van der Waals surface area contributed by atoms with Crippen molar-refractivity contribution < 1.29 is 18.3 Å². The Balaban J connectivity index is 2.57. The summed E-state index contributed by atoms with van der Waals surface area (Å²) in [5.74, 6) is -1.84. The number of hydrogen-bond donors (Lipinski definition) is 2. The van der Waals surface area contributed by atoms with E-state index in [-0.39, 0.29) is 11.6 Å². The molecule has 20 heavy (non-hydrogen) atoms. The summed E-state index contributed by atoms with van der Waals surface area (Å²) in [5, 5.41) is 5.18. The number of halogens is 3. The summed E-state index contributed by atoms with van der Waals surface area (Å²) in [4.78, 5) is 11.7. The summed E-state index contributed by atoms with van der Waals surface area (Å²) in [5.41, 5.74) is -0.312. The third kappa shape index (κ3) is 5.05. The maximum atomic E-state index is 13.6. The maximum Gasteiger partial charge on any atom is 0.242 e. The van der Waals surface area contributed by atoms with E-state index >= 15 is 0 Å². The highest BCUT2D eigenvalue weighted by Crippen LogP contribution is 2.24. The van der Waals surface area contributed by atoms with Gasteiger partial charge in [-0.15, -0.1) is 0 Å². The highest BCUT2D eigenvalue weighted by atomic mass is 79.9. The van der Waals surface area contributed by atoms with E-state index < -0.39 is 17.7 Å². The Morgan fingerprint density at radius 2 is 2.00 bits per heavy atom. The van der Waals surface area contributed by atoms with Crippen LogP contribution in [0.4, 0.5) is 14.5 Å². The number of benzene rings is 1. The van der Waals surface area contributed by atoms with Crippen LogP contribution in [0.25, 0.3) is 0 Å². The molecule has 0 saturated carbocycles. The second kappa shape index (κ2) is 8.16. The summed E-state index contributed by atoms with van der Waals surface area (Å²) in [7, 11) is 1.57. The van der Waals surface area contributed by atoms with Crippen molar-refractivity contribution in [2.24, 2.45) is 0 Å². The van der Waals surface area contributed by atoms with E-state index in [1.54, 1.807) is 7.11 Å². The Morgan fingerprint density at radius 1 is 1.40 bits per heavy atom. The first-order valence-corrected chi connectivity index (χ1v) is 6.92. The largest absolute Gasteiger partial charge is 0.385 e. The standard InChI is InChI=1S/C13H17BrF2N2O2/c1-8(13(19)17-4-3-5-20-2)18-12-10(15)6-9(14)7-11(12)16/h6-8,18H,3-5H2,1-2H3,(H,17,19). The molecule has 1 rings (SSSR count). The first-order chi connectivity index (χ1) is 9.45. The van der Waals surface area contributed by atoms with E-state index in [1.165, 1.54) is 6.92 Å². The topological polar surface area (TPSA) is 50.4 Å². The lowest BCUT2D eigenvalue weighted by molar-refractivity contribution is -0.121. The SMILES string of the molecule is COCCCNC(=O)C(C)Nc1c(F)cc(Br)cc1F. The zero-order valence-electron chi connectivity index (χ0n) is 11.3. The minimum absolute atomic E-state index is 0.301. The average molecular weight is 351 g/mol. The van der Waals surface area contributed by atoms with Crippen molar-refractivity contribution in [1.29, 1.82) is 0 Å². The third-order valence-corrected chi connectivity index (χ3v) is 3.04. The monoisotopic (exact) mass is 350 g/mol. The van der Waals surface area contributed by atoms with Crippen molar-refractivity contribution in [2.75, 3.05) is 25.6 Å². The van der Waals surface area contributed by atoms with Crippen molar-refractivity contribution in [3.8, 4) is 0 Å². The molecule has 0 aromatic heterocycles. The molecule has 2 N–H and O–H groups in total. The van der Waals surface area contributed by atoms with Crippen LogP contribution in [-0.4, -0.2) is 32.2 Å². The van der Waals surface area contributed by atoms with Gasteiger partial charge in [-0.25, -0.2) is 8.78 Å². The van der Waals surface area contributed by atoms with Gasteiger partial charge in [0.25, 0.3) is 0 Å². The van der Waals surface area contributed by atoms with Gasteiger partial charge in [-0.2, -0.15) is 0 Å². The van der Waals surface area contributed by atoms with Crippen LogP contribution in [-0.2, 0) is 9.53 Å². The fourth-order valence-corrected chi connectivity index (χ4v) is 1.95. The van der Waals surface area contributed by atoms with Crippen LogP contribution in [0.15, 0.2) is 16.6 Å². The van der Waals surface area contributed by atoms with Gasteiger partial charge in [0.05, 0.1) is 0 Å². The van der Waals surface area contributed by atoms with Gasteiger partial charge in [0.15, 0.2) is 0 Å². The minimum Gasteiger partial charge on any atom is -0.385 e. The van der Waals surface area contributed by atoms with Gasteiger partial charge in [0, 0.05) is 24.7 Å². The number of rotatable bonds is 7. The van der Waals surface area contributed by atoms with E-state index in [2.05, 4.69) is 26.6 Å². The molecular formula is C13H17BrF2N2O2. The fraction of sp³-hybridized carbons (Fsp3) is 0.462. The molecule has 0 aliphatic heterocycles. The first-order valence-electron chi connectivity index (χ1n) is 6.13. The number of ether oxygens (including phenoxy) is 1. The number of amides is 1. The molecule has 7 heteroatoms. The van der Waals surface area contributed by atoms with Crippen LogP contribution in [0.3, 0.4) is 0 Å². The van der Waals surface area contributed by atoms with Gasteiger partial charge in [-0.05, 0) is 25.5 Å². The lowest BCUT2D eigenvalue weighted by Gasteiger charge is -2.16. The Labute approximate surface area is 125 Å². The van der Waals surface area contributed by atoms with Gasteiger partial charge in [-0.3, -0.25) is 4.79 Å². The van der Waals surface area contributed by atoms with Crippen molar-refractivity contribution in [1.82, 2.24) is 5.32 Å².